The molecule has 2 heteroatoms. The molecular weight excluding hydrogens is 162 g/mol. The van der Waals surface area contributed by atoms with Gasteiger partial charge in [-0.1, -0.05) is 23.8 Å². The molecule has 0 saturated heterocycles. The first-order chi connectivity index (χ1) is 6.19. The highest BCUT2D eigenvalue weighted by Crippen LogP contribution is 2.16. The quantitative estimate of drug-likeness (QED) is 0.713. The van der Waals surface area contributed by atoms with Gasteiger partial charge in [0.25, 0.3) is 0 Å². The van der Waals surface area contributed by atoms with E-state index in [1.54, 1.807) is 7.05 Å². The normalized spacial score (nSPS) is 12.5. The average molecular weight is 177 g/mol. The number of aldehydes is 1. The minimum Gasteiger partial charge on any atom is -0.307 e. The third kappa shape index (κ3) is 2.16. The van der Waals surface area contributed by atoms with Gasteiger partial charge in [-0.2, -0.15) is 0 Å². The predicted molar refractivity (Wildman–Crippen MR) is 53.8 cm³/mol. The topological polar surface area (TPSA) is 29.1 Å². The van der Waals surface area contributed by atoms with E-state index in [-0.39, 0.29) is 6.04 Å². The number of hydrogen-bond acceptors (Lipinski definition) is 2. The SMILES string of the molecule is CNC(C=O)c1ccc(C)cc1C. The fourth-order valence-corrected chi connectivity index (χ4v) is 1.47. The Morgan fingerprint density at radius 3 is 2.54 bits per heavy atom. The van der Waals surface area contributed by atoms with Crippen molar-refractivity contribution in [2.24, 2.45) is 0 Å². The van der Waals surface area contributed by atoms with Crippen LogP contribution in [0.15, 0.2) is 18.2 Å². The van der Waals surface area contributed by atoms with E-state index in [1.807, 2.05) is 26.0 Å². The summed E-state index contributed by atoms with van der Waals surface area (Å²) >= 11 is 0. The molecule has 0 amide bonds. The van der Waals surface area contributed by atoms with Gasteiger partial charge in [-0.3, -0.25) is 0 Å². The minimum atomic E-state index is -0.180. The number of hydrogen-bond donors (Lipinski definition) is 1. The summed E-state index contributed by atoms with van der Waals surface area (Å²) in [6.07, 6.45) is 0.928. The maximum atomic E-state index is 10.7. The van der Waals surface area contributed by atoms with Crippen molar-refractivity contribution in [3.63, 3.8) is 0 Å². The van der Waals surface area contributed by atoms with Crippen molar-refractivity contribution in [1.29, 1.82) is 0 Å². The lowest BCUT2D eigenvalue weighted by atomic mass is 10.0. The molecule has 0 radical (unpaired) electrons. The van der Waals surface area contributed by atoms with Crippen molar-refractivity contribution >= 4 is 6.29 Å². The molecule has 0 aliphatic carbocycles. The van der Waals surface area contributed by atoms with Crippen LogP contribution in [0, 0.1) is 13.8 Å². The van der Waals surface area contributed by atoms with Gasteiger partial charge in [0.05, 0.1) is 6.04 Å². The Bertz CT molecular complexity index is 307. The van der Waals surface area contributed by atoms with Gasteiger partial charge < -0.3 is 10.1 Å². The monoisotopic (exact) mass is 177 g/mol. The third-order valence-electron chi connectivity index (χ3n) is 2.21. The maximum Gasteiger partial charge on any atom is 0.141 e. The van der Waals surface area contributed by atoms with Crippen LogP contribution < -0.4 is 5.32 Å². The van der Waals surface area contributed by atoms with Crippen LogP contribution in [0.25, 0.3) is 0 Å². The van der Waals surface area contributed by atoms with Crippen LogP contribution in [0.1, 0.15) is 22.7 Å². The van der Waals surface area contributed by atoms with Gasteiger partial charge >= 0.3 is 0 Å². The van der Waals surface area contributed by atoms with Crippen LogP contribution in [0.5, 0.6) is 0 Å². The molecule has 1 atom stereocenters. The molecule has 1 N–H and O–H groups in total. The second-order valence-electron chi connectivity index (χ2n) is 3.26. The zero-order valence-electron chi connectivity index (χ0n) is 8.29. The molecule has 0 spiro atoms. The van der Waals surface area contributed by atoms with Gasteiger partial charge in [0.2, 0.25) is 0 Å². The summed E-state index contributed by atoms with van der Waals surface area (Å²) in [4.78, 5) is 10.7. The first kappa shape index (κ1) is 9.93. The molecule has 0 aliphatic heterocycles. The van der Waals surface area contributed by atoms with Crippen molar-refractivity contribution in [2.45, 2.75) is 19.9 Å². The fourth-order valence-electron chi connectivity index (χ4n) is 1.47. The van der Waals surface area contributed by atoms with Crippen molar-refractivity contribution in [3.05, 3.63) is 34.9 Å². The highest BCUT2D eigenvalue weighted by atomic mass is 16.1. The van der Waals surface area contributed by atoms with Crippen LogP contribution >= 0.6 is 0 Å². The van der Waals surface area contributed by atoms with Gasteiger partial charge in [-0.25, -0.2) is 0 Å². The number of carbonyl (C=O) groups is 1. The highest BCUT2D eigenvalue weighted by molar-refractivity contribution is 5.62. The zero-order chi connectivity index (χ0) is 9.84. The summed E-state index contributed by atoms with van der Waals surface area (Å²) in [6, 6.07) is 5.93. The van der Waals surface area contributed by atoms with E-state index in [2.05, 4.69) is 11.4 Å². The van der Waals surface area contributed by atoms with Crippen LogP contribution in [0.4, 0.5) is 0 Å². The van der Waals surface area contributed by atoms with Crippen LogP contribution in [0.3, 0.4) is 0 Å². The Labute approximate surface area is 79.0 Å². The first-order valence-corrected chi connectivity index (χ1v) is 4.38. The number of likely N-dealkylation sites (N-methyl/N-ethyl adjacent to an activating group) is 1. The van der Waals surface area contributed by atoms with E-state index in [9.17, 15) is 4.79 Å². The Kier molecular flexibility index (Phi) is 3.20. The third-order valence-corrected chi connectivity index (χ3v) is 2.21. The van der Waals surface area contributed by atoms with E-state index in [0.717, 1.165) is 17.4 Å². The summed E-state index contributed by atoms with van der Waals surface area (Å²) in [5, 5.41) is 2.96. The largest absolute Gasteiger partial charge is 0.307 e. The molecule has 0 aliphatic rings. The average Bonchev–Trinajstić information content (AvgIpc) is 2.10. The Hall–Kier alpha value is -1.15. The van der Waals surface area contributed by atoms with Crippen molar-refractivity contribution in [1.82, 2.24) is 5.32 Å². The molecule has 1 aromatic carbocycles. The van der Waals surface area contributed by atoms with E-state index >= 15 is 0 Å². The van der Waals surface area contributed by atoms with Gasteiger partial charge in [0.1, 0.15) is 6.29 Å². The first-order valence-electron chi connectivity index (χ1n) is 4.38. The van der Waals surface area contributed by atoms with Gasteiger partial charge in [-0.05, 0) is 32.0 Å². The molecule has 0 fully saturated rings. The lowest BCUT2D eigenvalue weighted by molar-refractivity contribution is -0.109. The Morgan fingerprint density at radius 2 is 2.08 bits per heavy atom. The van der Waals surface area contributed by atoms with Gasteiger partial charge in [0.15, 0.2) is 0 Å². The summed E-state index contributed by atoms with van der Waals surface area (Å²) in [6.45, 7) is 4.07. The number of carbonyl (C=O) groups excluding carboxylic acids is 1. The smallest absolute Gasteiger partial charge is 0.141 e. The summed E-state index contributed by atoms with van der Waals surface area (Å²) in [7, 11) is 1.79. The van der Waals surface area contributed by atoms with E-state index < -0.39 is 0 Å². The molecular formula is C11H15NO. The lowest BCUT2D eigenvalue weighted by Gasteiger charge is -2.12. The number of benzene rings is 1. The standard InChI is InChI=1S/C11H15NO/c1-8-4-5-10(9(2)6-8)11(7-13)12-3/h4-7,11-12H,1-3H3. The summed E-state index contributed by atoms with van der Waals surface area (Å²) in [5.74, 6) is 0. The van der Waals surface area contributed by atoms with Crippen LogP contribution in [0.2, 0.25) is 0 Å². The number of nitrogens with one attached hydrogen (secondary N) is 1. The predicted octanol–water partition coefficient (Wildman–Crippen LogP) is 1.76. The summed E-state index contributed by atoms with van der Waals surface area (Å²) < 4.78 is 0. The Morgan fingerprint density at radius 1 is 1.38 bits per heavy atom. The van der Waals surface area contributed by atoms with Crippen LogP contribution in [-0.2, 0) is 4.79 Å². The van der Waals surface area contributed by atoms with Crippen molar-refractivity contribution in [3.8, 4) is 0 Å². The second-order valence-corrected chi connectivity index (χ2v) is 3.26. The van der Waals surface area contributed by atoms with Crippen LogP contribution in [-0.4, -0.2) is 13.3 Å². The molecule has 13 heavy (non-hydrogen) atoms. The molecule has 0 bridgehead atoms. The fraction of sp³-hybridized carbons (Fsp3) is 0.364. The molecule has 0 aromatic heterocycles. The maximum absolute atomic E-state index is 10.7. The van der Waals surface area contributed by atoms with E-state index in [4.69, 9.17) is 0 Å². The minimum absolute atomic E-state index is 0.180. The second kappa shape index (κ2) is 4.19. The van der Waals surface area contributed by atoms with Crippen molar-refractivity contribution < 1.29 is 4.79 Å². The molecule has 70 valence electrons. The molecule has 1 unspecified atom stereocenters. The molecule has 0 saturated carbocycles. The van der Waals surface area contributed by atoms with E-state index in [1.165, 1.54) is 5.56 Å². The molecule has 1 aromatic rings. The molecule has 1 rings (SSSR count). The zero-order valence-corrected chi connectivity index (χ0v) is 8.29. The van der Waals surface area contributed by atoms with E-state index in [0.29, 0.717) is 0 Å². The van der Waals surface area contributed by atoms with Gasteiger partial charge in [0, 0.05) is 0 Å². The molecule has 2 nitrogen and oxygen atoms in total. The highest BCUT2D eigenvalue weighted by Gasteiger charge is 2.09. The summed E-state index contributed by atoms with van der Waals surface area (Å²) in [5.41, 5.74) is 3.44. The Balaban J connectivity index is 3.06. The van der Waals surface area contributed by atoms with Gasteiger partial charge in [-0.15, -0.1) is 0 Å². The molecule has 0 heterocycles. The van der Waals surface area contributed by atoms with Crippen molar-refractivity contribution in [2.75, 3.05) is 7.05 Å². The lowest BCUT2D eigenvalue weighted by Crippen LogP contribution is -2.18. The number of aryl methyl sites for hydroxylation is 2. The number of rotatable bonds is 3.